The van der Waals surface area contributed by atoms with E-state index in [0.29, 0.717) is 12.8 Å². The number of rotatable bonds is 2. The average Bonchev–Trinajstić information content (AvgIpc) is 2.80. The molecule has 0 amide bonds. The fourth-order valence-corrected chi connectivity index (χ4v) is 3.47. The van der Waals surface area contributed by atoms with Gasteiger partial charge in [0.25, 0.3) is 0 Å². The summed E-state index contributed by atoms with van der Waals surface area (Å²) in [5.74, 6) is -0.205. The average molecular weight is 240 g/mol. The molecule has 1 aliphatic carbocycles. The molecule has 0 unspecified atom stereocenters. The fraction of sp³-hybridized carbons (Fsp3) is 0.800. The van der Waals surface area contributed by atoms with Gasteiger partial charge in [0, 0.05) is 22.7 Å². The third-order valence-corrected chi connectivity index (χ3v) is 4.21. The Morgan fingerprint density at radius 2 is 2.00 bits per heavy atom. The first-order valence-corrected chi connectivity index (χ1v) is 5.68. The van der Waals surface area contributed by atoms with Crippen molar-refractivity contribution in [1.29, 1.82) is 0 Å². The molecule has 2 fully saturated rings. The number of fused-ring (bicyclic) bond motifs is 1. The van der Waals surface area contributed by atoms with E-state index in [1.54, 1.807) is 12.2 Å². The van der Waals surface area contributed by atoms with E-state index in [9.17, 15) is 20.2 Å². The van der Waals surface area contributed by atoms with Crippen LogP contribution in [0.15, 0.2) is 12.2 Å². The Kier molecular flexibility index (Phi) is 2.04. The molecule has 3 aliphatic rings. The molecular formula is C10H12N2O5. The Hall–Kier alpha value is -1.50. The fourth-order valence-electron chi connectivity index (χ4n) is 3.47. The second kappa shape index (κ2) is 3.25. The molecule has 1 saturated heterocycles. The number of nitrogens with zero attached hydrogens (tertiary/aromatic N) is 2. The third kappa shape index (κ3) is 1.32. The van der Waals surface area contributed by atoms with Crippen LogP contribution in [-0.2, 0) is 4.74 Å². The van der Waals surface area contributed by atoms with E-state index in [1.165, 1.54) is 0 Å². The van der Waals surface area contributed by atoms with Gasteiger partial charge in [0.2, 0.25) is 12.1 Å². The predicted octanol–water partition coefficient (Wildman–Crippen LogP) is 0.784. The van der Waals surface area contributed by atoms with Crippen LogP contribution in [0.4, 0.5) is 0 Å². The SMILES string of the molecule is O=[N+]([O-])[C@@H]1CC[C@H]2[C@H]([N+](=O)[O-])[C@@H]3C=C[C@@]2(C1)O3. The standard InChI is InChI=1S/C10H12N2O5/c13-11(14)6-1-2-7-9(12(15)16)8-3-4-10(7,5-6)17-8/h3-4,6-9H,1-2,5H2/t6-,7+,8+,9+,10+/m1/s1. The van der Waals surface area contributed by atoms with Crippen molar-refractivity contribution in [3.05, 3.63) is 32.4 Å². The molecule has 7 heteroatoms. The van der Waals surface area contributed by atoms with Crippen LogP contribution in [0.2, 0.25) is 0 Å². The van der Waals surface area contributed by atoms with Crippen molar-refractivity contribution in [2.75, 3.05) is 0 Å². The first-order chi connectivity index (χ1) is 8.03. The molecule has 0 aromatic heterocycles. The molecule has 3 rings (SSSR count). The van der Waals surface area contributed by atoms with Gasteiger partial charge in [0.05, 0.1) is 5.92 Å². The van der Waals surface area contributed by atoms with Crippen LogP contribution in [0, 0.1) is 26.1 Å². The van der Waals surface area contributed by atoms with Crippen molar-refractivity contribution in [3.63, 3.8) is 0 Å². The second-order valence-electron chi connectivity index (χ2n) is 5.00. The number of ether oxygens (including phenoxy) is 1. The lowest BCUT2D eigenvalue weighted by Gasteiger charge is -2.35. The van der Waals surface area contributed by atoms with E-state index in [-0.39, 0.29) is 22.2 Å². The first kappa shape index (κ1) is 10.6. The summed E-state index contributed by atoms with van der Waals surface area (Å²) in [5.41, 5.74) is -0.752. The van der Waals surface area contributed by atoms with Gasteiger partial charge in [-0.25, -0.2) is 0 Å². The lowest BCUT2D eigenvalue weighted by molar-refractivity contribution is -0.541. The molecule has 0 aromatic carbocycles. The first-order valence-electron chi connectivity index (χ1n) is 5.68. The van der Waals surface area contributed by atoms with Crippen LogP contribution in [0.5, 0.6) is 0 Å². The molecule has 17 heavy (non-hydrogen) atoms. The summed E-state index contributed by atoms with van der Waals surface area (Å²) in [5, 5.41) is 21.8. The molecule has 2 aliphatic heterocycles. The Labute approximate surface area is 96.7 Å². The normalized spacial score (nSPS) is 46.8. The molecule has 92 valence electrons. The Balaban J connectivity index is 1.90. The van der Waals surface area contributed by atoms with Crippen LogP contribution in [0.3, 0.4) is 0 Å². The summed E-state index contributed by atoms with van der Waals surface area (Å²) >= 11 is 0. The van der Waals surface area contributed by atoms with Gasteiger partial charge in [-0.3, -0.25) is 20.2 Å². The third-order valence-electron chi connectivity index (χ3n) is 4.21. The van der Waals surface area contributed by atoms with Gasteiger partial charge in [-0.1, -0.05) is 12.2 Å². The summed E-state index contributed by atoms with van der Waals surface area (Å²) in [6.07, 6.45) is 4.17. The van der Waals surface area contributed by atoms with E-state index in [1.807, 2.05) is 0 Å². The largest absolute Gasteiger partial charge is 0.356 e. The molecule has 0 radical (unpaired) electrons. The molecular weight excluding hydrogens is 228 g/mol. The summed E-state index contributed by atoms with van der Waals surface area (Å²) in [4.78, 5) is 21.2. The van der Waals surface area contributed by atoms with Gasteiger partial charge >= 0.3 is 0 Å². The van der Waals surface area contributed by atoms with Crippen molar-refractivity contribution in [3.8, 4) is 0 Å². The van der Waals surface area contributed by atoms with Gasteiger partial charge < -0.3 is 4.74 Å². The molecule has 1 saturated carbocycles. The molecule has 0 aromatic rings. The van der Waals surface area contributed by atoms with Gasteiger partial charge in [-0.05, 0) is 6.42 Å². The van der Waals surface area contributed by atoms with Crippen LogP contribution in [0.1, 0.15) is 19.3 Å². The van der Waals surface area contributed by atoms with E-state index in [4.69, 9.17) is 4.74 Å². The van der Waals surface area contributed by atoms with Crippen LogP contribution in [-0.4, -0.2) is 33.6 Å². The summed E-state index contributed by atoms with van der Waals surface area (Å²) in [6.45, 7) is 0. The molecule has 2 heterocycles. The number of hydrogen-bond donors (Lipinski definition) is 0. The molecule has 5 atom stereocenters. The van der Waals surface area contributed by atoms with E-state index >= 15 is 0 Å². The van der Waals surface area contributed by atoms with E-state index < -0.39 is 23.8 Å². The minimum Gasteiger partial charge on any atom is -0.356 e. The predicted molar refractivity (Wildman–Crippen MR) is 55.6 cm³/mol. The lowest BCUT2D eigenvalue weighted by atomic mass is 9.69. The lowest BCUT2D eigenvalue weighted by Crippen LogP contribution is -2.48. The van der Waals surface area contributed by atoms with Crippen LogP contribution in [0.25, 0.3) is 0 Å². The van der Waals surface area contributed by atoms with Crippen molar-refractivity contribution < 1.29 is 14.6 Å². The molecule has 7 nitrogen and oxygen atoms in total. The highest BCUT2D eigenvalue weighted by Crippen LogP contribution is 2.52. The highest BCUT2D eigenvalue weighted by molar-refractivity contribution is 5.25. The number of hydrogen-bond acceptors (Lipinski definition) is 5. The zero-order valence-electron chi connectivity index (χ0n) is 9.02. The van der Waals surface area contributed by atoms with E-state index in [2.05, 4.69) is 0 Å². The van der Waals surface area contributed by atoms with Gasteiger partial charge in [0.1, 0.15) is 11.7 Å². The zero-order valence-corrected chi connectivity index (χ0v) is 9.02. The van der Waals surface area contributed by atoms with Gasteiger partial charge in [0.15, 0.2) is 0 Å². The Morgan fingerprint density at radius 3 is 2.65 bits per heavy atom. The highest BCUT2D eigenvalue weighted by atomic mass is 16.6. The van der Waals surface area contributed by atoms with E-state index in [0.717, 1.165) is 0 Å². The summed E-state index contributed by atoms with van der Waals surface area (Å²) < 4.78 is 5.66. The zero-order chi connectivity index (χ0) is 12.2. The quantitative estimate of drug-likeness (QED) is 0.404. The molecule has 1 spiro atoms. The maximum Gasteiger partial charge on any atom is 0.248 e. The second-order valence-corrected chi connectivity index (χ2v) is 5.00. The number of nitro groups is 2. The monoisotopic (exact) mass is 240 g/mol. The van der Waals surface area contributed by atoms with Crippen LogP contribution >= 0.6 is 0 Å². The molecule has 2 bridgehead atoms. The summed E-state index contributed by atoms with van der Waals surface area (Å²) in [6, 6.07) is -1.37. The van der Waals surface area contributed by atoms with Crippen molar-refractivity contribution >= 4 is 0 Å². The van der Waals surface area contributed by atoms with Gasteiger partial charge in [-0.2, -0.15) is 0 Å². The topological polar surface area (TPSA) is 95.5 Å². The van der Waals surface area contributed by atoms with Gasteiger partial charge in [-0.15, -0.1) is 0 Å². The van der Waals surface area contributed by atoms with Crippen molar-refractivity contribution in [1.82, 2.24) is 0 Å². The highest BCUT2D eigenvalue weighted by Gasteiger charge is 2.65. The summed E-state index contributed by atoms with van der Waals surface area (Å²) in [7, 11) is 0. The minimum atomic E-state index is -0.752. The minimum absolute atomic E-state index is 0.205. The van der Waals surface area contributed by atoms with Crippen molar-refractivity contribution in [2.24, 2.45) is 5.92 Å². The van der Waals surface area contributed by atoms with Crippen LogP contribution < -0.4 is 0 Å². The maximum atomic E-state index is 11.0. The Morgan fingerprint density at radius 1 is 1.24 bits per heavy atom. The molecule has 0 N–H and O–H groups in total. The van der Waals surface area contributed by atoms with Crippen molar-refractivity contribution in [2.45, 2.75) is 43.1 Å². The smallest absolute Gasteiger partial charge is 0.248 e. The maximum absolute atomic E-state index is 11.0. The Bertz CT molecular complexity index is 423.